The zero-order valence-electron chi connectivity index (χ0n) is 10.0. The summed E-state index contributed by atoms with van der Waals surface area (Å²) in [5.41, 5.74) is 1.91. The van der Waals surface area contributed by atoms with E-state index in [1.807, 2.05) is 30.0 Å². The van der Waals surface area contributed by atoms with E-state index >= 15 is 0 Å². The van der Waals surface area contributed by atoms with Gasteiger partial charge in [-0.05, 0) is 37.6 Å². The fourth-order valence-corrected chi connectivity index (χ4v) is 2.25. The van der Waals surface area contributed by atoms with Crippen molar-refractivity contribution in [3.8, 4) is 0 Å². The van der Waals surface area contributed by atoms with Gasteiger partial charge in [0.2, 0.25) is 5.91 Å². The van der Waals surface area contributed by atoms with Crippen LogP contribution in [0.25, 0.3) is 0 Å². The number of nitrogens with one attached hydrogen (secondary N) is 1. The standard InChI is InChI=1S/C13H17ClN2O/c1-10-11(14)4-2-5-12(10)16-9-8-15-7-3-6-13(16)17/h2,4-5,15H,3,6-9H2,1H3. The summed E-state index contributed by atoms with van der Waals surface area (Å²) >= 11 is 6.10. The molecule has 0 atom stereocenters. The van der Waals surface area contributed by atoms with Crippen LogP contribution in [-0.4, -0.2) is 25.5 Å². The minimum atomic E-state index is 0.192. The minimum absolute atomic E-state index is 0.192. The van der Waals surface area contributed by atoms with E-state index in [1.54, 1.807) is 0 Å². The highest BCUT2D eigenvalue weighted by Gasteiger charge is 2.19. The van der Waals surface area contributed by atoms with Crippen molar-refractivity contribution in [1.82, 2.24) is 5.32 Å². The van der Waals surface area contributed by atoms with E-state index in [2.05, 4.69) is 5.32 Å². The third-order valence-electron chi connectivity index (χ3n) is 3.09. The molecule has 1 aromatic carbocycles. The van der Waals surface area contributed by atoms with Crippen molar-refractivity contribution in [1.29, 1.82) is 0 Å². The van der Waals surface area contributed by atoms with Crippen LogP contribution in [0.2, 0.25) is 5.02 Å². The Labute approximate surface area is 107 Å². The van der Waals surface area contributed by atoms with Crippen LogP contribution in [0.4, 0.5) is 5.69 Å². The van der Waals surface area contributed by atoms with Crippen LogP contribution in [0.15, 0.2) is 18.2 Å². The Morgan fingerprint density at radius 2 is 2.18 bits per heavy atom. The quantitative estimate of drug-likeness (QED) is 0.832. The molecule has 4 heteroatoms. The molecule has 1 fully saturated rings. The summed E-state index contributed by atoms with van der Waals surface area (Å²) in [7, 11) is 0. The first-order chi connectivity index (χ1) is 8.20. The number of rotatable bonds is 1. The van der Waals surface area contributed by atoms with E-state index in [1.165, 1.54) is 0 Å². The molecule has 1 heterocycles. The number of halogens is 1. The number of carbonyl (C=O) groups is 1. The molecular formula is C13H17ClN2O. The summed E-state index contributed by atoms with van der Waals surface area (Å²) < 4.78 is 0. The van der Waals surface area contributed by atoms with Gasteiger partial charge < -0.3 is 10.2 Å². The van der Waals surface area contributed by atoms with Gasteiger partial charge in [0, 0.05) is 30.2 Å². The average Bonchev–Trinajstić information content (AvgIpc) is 2.29. The second-order valence-electron chi connectivity index (χ2n) is 4.28. The van der Waals surface area contributed by atoms with Gasteiger partial charge in [0.05, 0.1) is 0 Å². The van der Waals surface area contributed by atoms with Gasteiger partial charge in [-0.15, -0.1) is 0 Å². The van der Waals surface area contributed by atoms with Crippen molar-refractivity contribution >= 4 is 23.2 Å². The Hall–Kier alpha value is -1.06. The average molecular weight is 253 g/mol. The summed E-state index contributed by atoms with van der Waals surface area (Å²) in [6.45, 7) is 4.42. The highest BCUT2D eigenvalue weighted by molar-refractivity contribution is 6.31. The molecule has 3 nitrogen and oxygen atoms in total. The first-order valence-corrected chi connectivity index (χ1v) is 6.34. The maximum atomic E-state index is 12.1. The molecule has 1 amide bonds. The smallest absolute Gasteiger partial charge is 0.227 e. The van der Waals surface area contributed by atoms with Gasteiger partial charge in [-0.25, -0.2) is 0 Å². The second-order valence-corrected chi connectivity index (χ2v) is 4.69. The van der Waals surface area contributed by atoms with Crippen LogP contribution in [0.1, 0.15) is 18.4 Å². The minimum Gasteiger partial charge on any atom is -0.315 e. The highest BCUT2D eigenvalue weighted by atomic mass is 35.5. The van der Waals surface area contributed by atoms with Crippen molar-refractivity contribution in [2.45, 2.75) is 19.8 Å². The topological polar surface area (TPSA) is 32.3 Å². The molecule has 0 saturated carbocycles. The van der Waals surface area contributed by atoms with E-state index < -0.39 is 0 Å². The lowest BCUT2D eigenvalue weighted by atomic mass is 10.1. The fourth-order valence-electron chi connectivity index (χ4n) is 2.08. The van der Waals surface area contributed by atoms with E-state index in [4.69, 9.17) is 11.6 Å². The van der Waals surface area contributed by atoms with Crippen molar-refractivity contribution in [2.75, 3.05) is 24.5 Å². The van der Waals surface area contributed by atoms with Gasteiger partial charge in [0.15, 0.2) is 0 Å². The summed E-state index contributed by atoms with van der Waals surface area (Å²) in [5.74, 6) is 0.192. The van der Waals surface area contributed by atoms with Crippen LogP contribution in [0.5, 0.6) is 0 Å². The molecule has 0 spiro atoms. The van der Waals surface area contributed by atoms with Gasteiger partial charge in [-0.2, -0.15) is 0 Å². The lowest BCUT2D eigenvalue weighted by Gasteiger charge is -2.27. The molecule has 0 bridgehead atoms. The van der Waals surface area contributed by atoms with Crippen LogP contribution in [0, 0.1) is 6.92 Å². The van der Waals surface area contributed by atoms with E-state index in [9.17, 15) is 4.79 Å². The van der Waals surface area contributed by atoms with Gasteiger partial charge in [0.1, 0.15) is 0 Å². The zero-order valence-corrected chi connectivity index (χ0v) is 10.8. The van der Waals surface area contributed by atoms with E-state index in [0.717, 1.165) is 30.8 Å². The first kappa shape index (κ1) is 12.4. The molecule has 1 saturated heterocycles. The number of anilines is 1. The van der Waals surface area contributed by atoms with E-state index in [-0.39, 0.29) is 5.91 Å². The molecule has 0 radical (unpaired) electrons. The lowest BCUT2D eigenvalue weighted by molar-refractivity contribution is -0.118. The van der Waals surface area contributed by atoms with Crippen molar-refractivity contribution in [3.05, 3.63) is 28.8 Å². The molecule has 1 aliphatic heterocycles. The largest absolute Gasteiger partial charge is 0.315 e. The predicted molar refractivity (Wildman–Crippen MR) is 70.6 cm³/mol. The molecule has 1 N–H and O–H groups in total. The Balaban J connectivity index is 2.29. The second kappa shape index (κ2) is 5.52. The van der Waals surface area contributed by atoms with Crippen LogP contribution in [0.3, 0.4) is 0 Å². The van der Waals surface area contributed by atoms with Crippen molar-refractivity contribution < 1.29 is 4.79 Å². The number of carbonyl (C=O) groups excluding carboxylic acids is 1. The Morgan fingerprint density at radius 3 is 3.00 bits per heavy atom. The highest BCUT2D eigenvalue weighted by Crippen LogP contribution is 2.27. The number of amides is 1. The first-order valence-electron chi connectivity index (χ1n) is 5.96. The number of hydrogen-bond donors (Lipinski definition) is 1. The van der Waals surface area contributed by atoms with Gasteiger partial charge >= 0.3 is 0 Å². The lowest BCUT2D eigenvalue weighted by Crippen LogP contribution is -2.40. The molecule has 1 aliphatic rings. The molecule has 2 rings (SSSR count). The molecule has 0 aromatic heterocycles. The molecule has 1 aromatic rings. The molecule has 0 unspecified atom stereocenters. The van der Waals surface area contributed by atoms with Crippen LogP contribution in [-0.2, 0) is 4.79 Å². The predicted octanol–water partition coefficient (Wildman–Crippen LogP) is 2.36. The fraction of sp³-hybridized carbons (Fsp3) is 0.462. The number of nitrogens with zero attached hydrogens (tertiary/aromatic N) is 1. The van der Waals surface area contributed by atoms with Gasteiger partial charge in [0.25, 0.3) is 0 Å². The van der Waals surface area contributed by atoms with Crippen molar-refractivity contribution in [3.63, 3.8) is 0 Å². The maximum Gasteiger partial charge on any atom is 0.227 e. The zero-order chi connectivity index (χ0) is 12.3. The Kier molecular flexibility index (Phi) is 4.02. The summed E-state index contributed by atoms with van der Waals surface area (Å²) in [4.78, 5) is 13.9. The van der Waals surface area contributed by atoms with Crippen LogP contribution >= 0.6 is 11.6 Å². The molecular weight excluding hydrogens is 236 g/mol. The molecule has 92 valence electrons. The third-order valence-corrected chi connectivity index (χ3v) is 3.50. The maximum absolute atomic E-state index is 12.1. The normalized spacial score (nSPS) is 17.8. The SMILES string of the molecule is Cc1c(Cl)cccc1N1CCNCCCC1=O. The summed E-state index contributed by atoms with van der Waals surface area (Å²) in [6, 6.07) is 5.71. The summed E-state index contributed by atoms with van der Waals surface area (Å²) in [6.07, 6.45) is 1.49. The van der Waals surface area contributed by atoms with Gasteiger partial charge in [-0.1, -0.05) is 17.7 Å². The molecule has 0 aliphatic carbocycles. The van der Waals surface area contributed by atoms with Crippen LogP contribution < -0.4 is 10.2 Å². The summed E-state index contributed by atoms with van der Waals surface area (Å²) in [5, 5.41) is 4.03. The van der Waals surface area contributed by atoms with Gasteiger partial charge in [-0.3, -0.25) is 4.79 Å². The third kappa shape index (κ3) is 2.79. The molecule has 17 heavy (non-hydrogen) atoms. The number of benzene rings is 1. The Morgan fingerprint density at radius 1 is 1.35 bits per heavy atom. The monoisotopic (exact) mass is 252 g/mol. The van der Waals surface area contributed by atoms with Crippen molar-refractivity contribution in [2.24, 2.45) is 0 Å². The Bertz CT molecular complexity index is 420. The number of hydrogen-bond acceptors (Lipinski definition) is 2. The van der Waals surface area contributed by atoms with E-state index in [0.29, 0.717) is 18.0 Å².